The summed E-state index contributed by atoms with van der Waals surface area (Å²) in [5, 5.41) is 0.639. The van der Waals surface area contributed by atoms with Crippen molar-refractivity contribution in [1.29, 1.82) is 0 Å². The molecule has 0 aromatic heterocycles. The number of carbonyl (C=O) groups is 1. The summed E-state index contributed by atoms with van der Waals surface area (Å²) in [4.78, 5) is 14.4. The molecular formula is C18H24ClNO5S. The molecule has 0 radical (unpaired) electrons. The molecule has 3 rings (SSSR count). The van der Waals surface area contributed by atoms with Crippen molar-refractivity contribution in [2.24, 2.45) is 0 Å². The predicted octanol–water partition coefficient (Wildman–Crippen LogP) is 2.22. The molecule has 0 bridgehead atoms. The van der Waals surface area contributed by atoms with Crippen molar-refractivity contribution in [2.75, 3.05) is 31.3 Å². The molecule has 2 atom stereocenters. The highest BCUT2D eigenvalue weighted by atomic mass is 35.5. The van der Waals surface area contributed by atoms with Gasteiger partial charge in [-0.05, 0) is 49.9 Å². The fourth-order valence-electron chi connectivity index (χ4n) is 3.42. The third-order valence-electron chi connectivity index (χ3n) is 4.89. The molecule has 0 unspecified atom stereocenters. The van der Waals surface area contributed by atoms with Gasteiger partial charge in [0.1, 0.15) is 5.75 Å². The lowest BCUT2D eigenvalue weighted by Crippen LogP contribution is -2.47. The van der Waals surface area contributed by atoms with E-state index in [0.717, 1.165) is 18.4 Å². The van der Waals surface area contributed by atoms with Gasteiger partial charge in [0.15, 0.2) is 16.4 Å². The molecule has 0 N–H and O–H groups in total. The summed E-state index contributed by atoms with van der Waals surface area (Å²) in [7, 11) is -3.08. The van der Waals surface area contributed by atoms with Crippen molar-refractivity contribution >= 4 is 27.3 Å². The van der Waals surface area contributed by atoms with Gasteiger partial charge in [-0.3, -0.25) is 4.79 Å². The quantitative estimate of drug-likeness (QED) is 0.730. The lowest BCUT2D eigenvalue weighted by molar-refractivity contribution is -0.137. The zero-order valence-corrected chi connectivity index (χ0v) is 16.4. The molecule has 1 aromatic carbocycles. The van der Waals surface area contributed by atoms with Gasteiger partial charge in [-0.1, -0.05) is 11.6 Å². The number of hydrogen-bond donors (Lipinski definition) is 0. The third kappa shape index (κ3) is 4.90. The van der Waals surface area contributed by atoms with E-state index < -0.39 is 9.84 Å². The van der Waals surface area contributed by atoms with Crippen LogP contribution < -0.4 is 4.74 Å². The summed E-state index contributed by atoms with van der Waals surface area (Å²) < 4.78 is 34.9. The van der Waals surface area contributed by atoms with Crippen LogP contribution in [0.25, 0.3) is 0 Å². The van der Waals surface area contributed by atoms with Crippen LogP contribution in [0.2, 0.25) is 5.02 Å². The Morgan fingerprint density at radius 1 is 1.38 bits per heavy atom. The largest absolute Gasteiger partial charge is 0.484 e. The Bertz CT molecular complexity index is 761. The summed E-state index contributed by atoms with van der Waals surface area (Å²) >= 11 is 6.00. The van der Waals surface area contributed by atoms with Gasteiger partial charge in [-0.25, -0.2) is 8.42 Å². The highest BCUT2D eigenvalue weighted by Crippen LogP contribution is 2.23. The maximum atomic E-state index is 12.8. The van der Waals surface area contributed by atoms with Gasteiger partial charge < -0.3 is 14.4 Å². The molecule has 6 nitrogen and oxygen atoms in total. The van der Waals surface area contributed by atoms with Crippen LogP contribution in [0.4, 0.5) is 0 Å². The van der Waals surface area contributed by atoms with Crippen LogP contribution in [-0.2, 0) is 19.4 Å². The SMILES string of the molecule is Cc1cc(OCC(=O)N(C[C@@H]2CCCO2)[C@H]2CCS(=O)(=O)C2)ccc1Cl. The molecular weight excluding hydrogens is 378 g/mol. The molecule has 1 amide bonds. The highest BCUT2D eigenvalue weighted by Gasteiger charge is 2.36. The molecule has 1 aromatic rings. The maximum Gasteiger partial charge on any atom is 0.260 e. The molecule has 144 valence electrons. The van der Waals surface area contributed by atoms with Crippen LogP contribution in [0.3, 0.4) is 0 Å². The van der Waals surface area contributed by atoms with Crippen molar-refractivity contribution < 1.29 is 22.7 Å². The Kier molecular flexibility index (Phi) is 6.10. The lowest BCUT2D eigenvalue weighted by atomic mass is 10.1. The molecule has 2 aliphatic heterocycles. The molecule has 2 heterocycles. The number of sulfone groups is 1. The second-order valence-corrected chi connectivity index (χ2v) is 9.57. The van der Waals surface area contributed by atoms with Crippen molar-refractivity contribution in [1.82, 2.24) is 4.90 Å². The Morgan fingerprint density at radius 2 is 2.19 bits per heavy atom. The van der Waals surface area contributed by atoms with E-state index >= 15 is 0 Å². The number of nitrogens with zero attached hydrogens (tertiary/aromatic N) is 1. The van der Waals surface area contributed by atoms with Gasteiger partial charge in [0, 0.05) is 24.2 Å². The van der Waals surface area contributed by atoms with E-state index in [1.165, 1.54) is 0 Å². The van der Waals surface area contributed by atoms with Gasteiger partial charge in [-0.15, -0.1) is 0 Å². The van der Waals surface area contributed by atoms with E-state index in [2.05, 4.69) is 0 Å². The molecule has 2 aliphatic rings. The summed E-state index contributed by atoms with van der Waals surface area (Å²) in [6, 6.07) is 4.92. The third-order valence-corrected chi connectivity index (χ3v) is 7.06. The van der Waals surface area contributed by atoms with Gasteiger partial charge in [0.05, 0.1) is 17.6 Å². The van der Waals surface area contributed by atoms with Crippen molar-refractivity contribution in [3.05, 3.63) is 28.8 Å². The molecule has 2 fully saturated rings. The van der Waals surface area contributed by atoms with Crippen LogP contribution in [0.1, 0.15) is 24.8 Å². The van der Waals surface area contributed by atoms with Crippen molar-refractivity contribution in [3.63, 3.8) is 0 Å². The average molecular weight is 402 g/mol. The molecule has 0 aliphatic carbocycles. The normalized spacial score (nSPS) is 24.5. The van der Waals surface area contributed by atoms with E-state index in [-0.39, 0.29) is 36.2 Å². The van der Waals surface area contributed by atoms with Crippen LogP contribution >= 0.6 is 11.6 Å². The van der Waals surface area contributed by atoms with Crippen LogP contribution in [0.15, 0.2) is 18.2 Å². The van der Waals surface area contributed by atoms with E-state index in [4.69, 9.17) is 21.1 Å². The number of halogens is 1. The molecule has 26 heavy (non-hydrogen) atoms. The molecule has 8 heteroatoms. The Labute approximate surface area is 159 Å². The van der Waals surface area contributed by atoms with Crippen LogP contribution in [0.5, 0.6) is 5.75 Å². The second kappa shape index (κ2) is 8.15. The number of amides is 1. The van der Waals surface area contributed by atoms with Gasteiger partial charge in [-0.2, -0.15) is 0 Å². The summed E-state index contributed by atoms with van der Waals surface area (Å²) in [6.07, 6.45) is 2.30. The minimum atomic E-state index is -3.08. The minimum Gasteiger partial charge on any atom is -0.484 e. The number of aryl methyl sites for hydroxylation is 1. The first kappa shape index (κ1) is 19.5. The lowest BCUT2D eigenvalue weighted by Gasteiger charge is -2.30. The number of hydrogen-bond acceptors (Lipinski definition) is 5. The van der Waals surface area contributed by atoms with E-state index in [9.17, 15) is 13.2 Å². The average Bonchev–Trinajstić information content (AvgIpc) is 3.22. The predicted molar refractivity (Wildman–Crippen MR) is 99.4 cm³/mol. The van der Waals surface area contributed by atoms with Gasteiger partial charge in [0.2, 0.25) is 0 Å². The number of carbonyl (C=O) groups excluding carboxylic acids is 1. The van der Waals surface area contributed by atoms with Gasteiger partial charge >= 0.3 is 0 Å². The number of ether oxygens (including phenoxy) is 2. The number of benzene rings is 1. The fourth-order valence-corrected chi connectivity index (χ4v) is 5.27. The summed E-state index contributed by atoms with van der Waals surface area (Å²) in [5.74, 6) is 0.502. The minimum absolute atomic E-state index is 0.0194. The maximum absolute atomic E-state index is 12.8. The highest BCUT2D eigenvalue weighted by molar-refractivity contribution is 7.91. The summed E-state index contributed by atoms with van der Waals surface area (Å²) in [6.45, 7) is 2.84. The fraction of sp³-hybridized carbons (Fsp3) is 0.611. The topological polar surface area (TPSA) is 72.9 Å². The van der Waals surface area contributed by atoms with Crippen LogP contribution in [0, 0.1) is 6.92 Å². The first-order chi connectivity index (χ1) is 12.3. The smallest absolute Gasteiger partial charge is 0.260 e. The summed E-state index contributed by atoms with van der Waals surface area (Å²) in [5.41, 5.74) is 0.870. The molecule has 0 saturated carbocycles. The van der Waals surface area contributed by atoms with Crippen LogP contribution in [-0.4, -0.2) is 62.6 Å². The standard InChI is InChI=1S/C18H24ClNO5S/c1-13-9-15(4-5-17(13)19)25-11-18(21)20(10-16-3-2-7-24-16)14-6-8-26(22,23)12-14/h4-5,9,14,16H,2-3,6-8,10-12H2,1H3/t14-,16-/m0/s1. The van der Waals surface area contributed by atoms with E-state index in [1.807, 2.05) is 6.92 Å². The van der Waals surface area contributed by atoms with Gasteiger partial charge in [0.25, 0.3) is 5.91 Å². The monoisotopic (exact) mass is 401 g/mol. The number of rotatable bonds is 6. The van der Waals surface area contributed by atoms with E-state index in [1.54, 1.807) is 23.1 Å². The van der Waals surface area contributed by atoms with Crippen molar-refractivity contribution in [3.8, 4) is 5.75 Å². The van der Waals surface area contributed by atoms with Crippen molar-refractivity contribution in [2.45, 2.75) is 38.3 Å². The zero-order valence-electron chi connectivity index (χ0n) is 14.8. The first-order valence-electron chi connectivity index (χ1n) is 8.84. The zero-order chi connectivity index (χ0) is 18.7. The molecule has 0 spiro atoms. The second-order valence-electron chi connectivity index (χ2n) is 6.94. The van der Waals surface area contributed by atoms with E-state index in [0.29, 0.717) is 30.3 Å². The Hall–Kier alpha value is -1.31. The molecule has 2 saturated heterocycles. The first-order valence-corrected chi connectivity index (χ1v) is 11.0. The Balaban J connectivity index is 1.66. The Morgan fingerprint density at radius 3 is 2.81 bits per heavy atom.